The molecule has 0 aliphatic carbocycles. The molecule has 7 nitrogen and oxygen atoms in total. The first kappa shape index (κ1) is 23.5. The molecule has 174 valence electrons. The second-order valence-electron chi connectivity index (χ2n) is 7.40. The Hall–Kier alpha value is -3.68. The van der Waals surface area contributed by atoms with E-state index in [0.29, 0.717) is 11.3 Å². The maximum Gasteiger partial charge on any atom is 0.300 e. The molecule has 1 unspecified atom stereocenters. The van der Waals surface area contributed by atoms with Gasteiger partial charge < -0.3 is 19.7 Å². The highest BCUT2D eigenvalue weighted by Crippen LogP contribution is 2.46. The van der Waals surface area contributed by atoms with Crippen molar-refractivity contribution in [3.63, 3.8) is 0 Å². The molecule has 1 atom stereocenters. The topological polar surface area (TPSA) is 96.3 Å². The molecule has 1 fully saturated rings. The fourth-order valence-corrected chi connectivity index (χ4v) is 4.51. The van der Waals surface area contributed by atoms with Crippen LogP contribution in [0, 0.1) is 0 Å². The highest BCUT2D eigenvalue weighted by Gasteiger charge is 2.48. The zero-order valence-corrected chi connectivity index (χ0v) is 19.6. The van der Waals surface area contributed by atoms with Crippen molar-refractivity contribution in [2.45, 2.75) is 6.04 Å². The summed E-state index contributed by atoms with van der Waals surface area (Å²) in [6, 6.07) is 14.5. The number of phenols is 1. The predicted molar refractivity (Wildman–Crippen MR) is 129 cm³/mol. The molecule has 1 heterocycles. The molecule has 4 rings (SSSR count). The van der Waals surface area contributed by atoms with E-state index in [2.05, 4.69) is 0 Å². The van der Waals surface area contributed by atoms with Gasteiger partial charge in [-0.1, -0.05) is 47.5 Å². The van der Waals surface area contributed by atoms with E-state index in [1.165, 1.54) is 38.5 Å². The molecule has 1 amide bonds. The number of Topliss-reactive ketones (excluding diaryl/α,β-unsaturated/α-hetero) is 1. The number of amides is 1. The van der Waals surface area contributed by atoms with Crippen LogP contribution in [0.5, 0.6) is 17.2 Å². The number of benzene rings is 3. The number of aliphatic hydroxyl groups excluding tert-OH is 1. The predicted octanol–water partition coefficient (Wildman–Crippen LogP) is 5.34. The molecule has 3 aromatic carbocycles. The number of hydrogen-bond donors (Lipinski definition) is 2. The number of rotatable bonds is 5. The van der Waals surface area contributed by atoms with Crippen molar-refractivity contribution >= 4 is 46.3 Å². The first-order chi connectivity index (χ1) is 16.3. The number of phenolic OH excluding ortho intramolecular Hbond substituents is 1. The molecular weight excluding hydrogens is 481 g/mol. The van der Waals surface area contributed by atoms with Crippen molar-refractivity contribution in [2.24, 2.45) is 0 Å². The number of ether oxygens (including phenoxy) is 2. The molecule has 34 heavy (non-hydrogen) atoms. The molecule has 1 aliphatic heterocycles. The number of nitrogens with zero attached hydrogens (tertiary/aromatic N) is 1. The molecule has 0 bridgehead atoms. The van der Waals surface area contributed by atoms with Gasteiger partial charge in [0.15, 0.2) is 0 Å². The monoisotopic (exact) mass is 499 g/mol. The van der Waals surface area contributed by atoms with E-state index in [4.69, 9.17) is 32.7 Å². The van der Waals surface area contributed by atoms with Crippen LogP contribution in [0.25, 0.3) is 5.76 Å². The van der Waals surface area contributed by atoms with Gasteiger partial charge in [0.1, 0.15) is 23.0 Å². The average Bonchev–Trinajstić information content (AvgIpc) is 3.09. The number of aromatic hydroxyl groups is 1. The summed E-state index contributed by atoms with van der Waals surface area (Å²) in [6.45, 7) is 0. The Kier molecular flexibility index (Phi) is 6.41. The molecule has 3 aromatic rings. The van der Waals surface area contributed by atoms with Crippen molar-refractivity contribution in [3.8, 4) is 17.2 Å². The van der Waals surface area contributed by atoms with E-state index in [1.807, 2.05) is 0 Å². The van der Waals surface area contributed by atoms with Crippen LogP contribution in [0.1, 0.15) is 17.2 Å². The molecular formula is C25H19Cl2NO6. The lowest BCUT2D eigenvalue weighted by Crippen LogP contribution is -2.29. The van der Waals surface area contributed by atoms with E-state index in [0.717, 1.165) is 4.90 Å². The third-order valence-electron chi connectivity index (χ3n) is 5.48. The van der Waals surface area contributed by atoms with Gasteiger partial charge in [-0.3, -0.25) is 14.5 Å². The fraction of sp³-hybridized carbons (Fsp3) is 0.120. The summed E-state index contributed by atoms with van der Waals surface area (Å²) in [4.78, 5) is 27.6. The van der Waals surface area contributed by atoms with Crippen molar-refractivity contribution in [1.29, 1.82) is 0 Å². The molecule has 0 spiro atoms. The van der Waals surface area contributed by atoms with Gasteiger partial charge >= 0.3 is 0 Å². The third-order valence-corrected chi connectivity index (χ3v) is 5.98. The smallest absolute Gasteiger partial charge is 0.300 e. The first-order valence-corrected chi connectivity index (χ1v) is 10.8. The van der Waals surface area contributed by atoms with E-state index in [9.17, 15) is 19.8 Å². The summed E-state index contributed by atoms with van der Waals surface area (Å²) in [6.07, 6.45) is 0. The summed E-state index contributed by atoms with van der Waals surface area (Å²) in [5.41, 5.74) is 0.446. The van der Waals surface area contributed by atoms with Crippen molar-refractivity contribution in [3.05, 3.63) is 87.4 Å². The molecule has 1 aliphatic rings. The number of hydrogen-bond acceptors (Lipinski definition) is 6. The molecule has 0 radical (unpaired) electrons. The van der Waals surface area contributed by atoms with Gasteiger partial charge in [-0.25, -0.2) is 0 Å². The minimum atomic E-state index is -1.07. The maximum absolute atomic E-state index is 13.3. The zero-order chi connectivity index (χ0) is 24.6. The molecule has 0 aromatic heterocycles. The van der Waals surface area contributed by atoms with E-state index >= 15 is 0 Å². The van der Waals surface area contributed by atoms with Gasteiger partial charge in [-0.15, -0.1) is 0 Å². The van der Waals surface area contributed by atoms with Crippen molar-refractivity contribution in [2.75, 3.05) is 19.1 Å². The van der Waals surface area contributed by atoms with Gasteiger partial charge in [-0.2, -0.15) is 0 Å². The quantitative estimate of drug-likeness (QED) is 0.279. The Balaban J connectivity index is 2.01. The third kappa shape index (κ3) is 3.93. The number of anilines is 1. The van der Waals surface area contributed by atoms with Gasteiger partial charge in [-0.05, 0) is 42.0 Å². The Morgan fingerprint density at radius 2 is 1.65 bits per heavy atom. The summed E-state index contributed by atoms with van der Waals surface area (Å²) < 4.78 is 10.5. The molecule has 0 saturated carbocycles. The van der Waals surface area contributed by atoms with Gasteiger partial charge in [0.2, 0.25) is 0 Å². The minimum Gasteiger partial charge on any atom is -0.507 e. The van der Waals surface area contributed by atoms with Gasteiger partial charge in [0.25, 0.3) is 11.7 Å². The number of aliphatic hydroxyl groups is 1. The van der Waals surface area contributed by atoms with Crippen LogP contribution in [0.15, 0.2) is 66.2 Å². The second kappa shape index (κ2) is 9.29. The molecule has 2 N–H and O–H groups in total. The van der Waals surface area contributed by atoms with Crippen LogP contribution in [-0.4, -0.2) is 36.1 Å². The van der Waals surface area contributed by atoms with Crippen molar-refractivity contribution < 1.29 is 29.3 Å². The van der Waals surface area contributed by atoms with E-state index in [-0.39, 0.29) is 38.4 Å². The zero-order valence-electron chi connectivity index (χ0n) is 18.1. The number of carbonyl (C=O) groups excluding carboxylic acids is 2. The highest BCUT2D eigenvalue weighted by atomic mass is 35.5. The molecule has 9 heteroatoms. The lowest BCUT2D eigenvalue weighted by atomic mass is 9.94. The largest absolute Gasteiger partial charge is 0.507 e. The maximum atomic E-state index is 13.3. The number of methoxy groups -OCH3 is 2. The number of halogens is 2. The second-order valence-corrected chi connectivity index (χ2v) is 8.24. The van der Waals surface area contributed by atoms with Crippen LogP contribution >= 0.6 is 23.2 Å². The number of ketones is 1. The van der Waals surface area contributed by atoms with E-state index in [1.54, 1.807) is 36.4 Å². The van der Waals surface area contributed by atoms with Gasteiger partial charge in [0, 0.05) is 5.02 Å². The van der Waals surface area contributed by atoms with Crippen LogP contribution in [0.3, 0.4) is 0 Å². The molecule has 1 saturated heterocycles. The summed E-state index contributed by atoms with van der Waals surface area (Å²) in [5.74, 6) is -1.93. The Labute approximate surface area is 205 Å². The lowest BCUT2D eigenvalue weighted by molar-refractivity contribution is -0.132. The fourth-order valence-electron chi connectivity index (χ4n) is 3.94. The van der Waals surface area contributed by atoms with Gasteiger partial charge in [0.05, 0.1) is 42.1 Å². The summed E-state index contributed by atoms with van der Waals surface area (Å²) in [5, 5.41) is 22.1. The SMILES string of the molecule is COc1ccc(C2/C(=C(\O)c3cc(Cl)cc(Cl)c3OC)C(=O)C(=O)N2c2ccccc2O)cc1. The summed E-state index contributed by atoms with van der Waals surface area (Å²) >= 11 is 12.4. The minimum absolute atomic E-state index is 0.0498. The normalized spacial score (nSPS) is 17.2. The Morgan fingerprint density at radius 1 is 0.971 bits per heavy atom. The highest BCUT2D eigenvalue weighted by molar-refractivity contribution is 6.52. The van der Waals surface area contributed by atoms with Crippen LogP contribution in [0.2, 0.25) is 10.0 Å². The summed E-state index contributed by atoms with van der Waals surface area (Å²) in [7, 11) is 2.87. The standard InChI is InChI=1S/C25H19Cl2NO6/c1-33-15-9-7-13(8-10-15)21-20(22(30)16-11-14(26)12-17(27)24(16)34-2)23(31)25(32)28(21)18-5-3-4-6-19(18)29/h3-12,21,29-30H,1-2H3/b22-20+. The Bertz CT molecular complexity index is 1320. The Morgan fingerprint density at radius 3 is 2.26 bits per heavy atom. The van der Waals surface area contributed by atoms with Crippen molar-refractivity contribution in [1.82, 2.24) is 0 Å². The average molecular weight is 500 g/mol. The number of carbonyl (C=O) groups is 2. The lowest BCUT2D eigenvalue weighted by Gasteiger charge is -2.26. The first-order valence-electron chi connectivity index (χ1n) is 10.0. The van der Waals surface area contributed by atoms with Crippen LogP contribution < -0.4 is 14.4 Å². The van der Waals surface area contributed by atoms with Crippen LogP contribution in [-0.2, 0) is 9.59 Å². The van der Waals surface area contributed by atoms with E-state index < -0.39 is 23.5 Å². The van der Waals surface area contributed by atoms with Crippen LogP contribution in [0.4, 0.5) is 5.69 Å². The number of para-hydroxylation sites is 2.